The van der Waals surface area contributed by atoms with Gasteiger partial charge in [-0.2, -0.15) is 0 Å². The standard InChI is InChI=1S/C46H82NO7P/c1-6-8-10-12-14-16-18-20-21-22-23-24-25-26-28-30-32-34-36-38-41-51-43-45(44-53-55(49,50)52-42-40-47(3,4)5)54-46(48)39-37-35-33-31-29-27-19-17-15-13-11-9-7-2/h9,11,14-17,20-21,23-24,27,29,45H,6-8,10,12-13,18-19,22,25-26,28,30-44H2,1-5H3/b11-9-,16-14-,17-15-,21-20-,24-23-,29-27-. The first-order chi connectivity index (χ1) is 26.6. The van der Waals surface area contributed by atoms with Crippen molar-refractivity contribution in [2.45, 2.75) is 161 Å². The molecule has 9 heteroatoms. The highest BCUT2D eigenvalue weighted by Crippen LogP contribution is 2.38. The van der Waals surface area contributed by atoms with E-state index in [0.29, 0.717) is 24.1 Å². The number of quaternary nitrogens is 1. The van der Waals surface area contributed by atoms with Crippen molar-refractivity contribution in [3.05, 3.63) is 72.9 Å². The van der Waals surface area contributed by atoms with Gasteiger partial charge in [-0.1, -0.05) is 138 Å². The van der Waals surface area contributed by atoms with E-state index in [9.17, 15) is 14.3 Å². The van der Waals surface area contributed by atoms with E-state index >= 15 is 0 Å². The van der Waals surface area contributed by atoms with Crippen LogP contribution >= 0.6 is 7.82 Å². The van der Waals surface area contributed by atoms with Crippen molar-refractivity contribution in [3.8, 4) is 0 Å². The van der Waals surface area contributed by atoms with Crippen molar-refractivity contribution < 1.29 is 37.3 Å². The molecule has 0 saturated carbocycles. The Labute approximate surface area is 338 Å². The van der Waals surface area contributed by atoms with Crippen molar-refractivity contribution in [2.75, 3.05) is 54.1 Å². The number of unbranched alkanes of at least 4 members (excludes halogenated alkanes) is 13. The smallest absolute Gasteiger partial charge is 0.306 e. The number of phosphoric ester groups is 1. The summed E-state index contributed by atoms with van der Waals surface area (Å²) in [6.07, 6.45) is 49.2. The fourth-order valence-electron chi connectivity index (χ4n) is 5.39. The summed E-state index contributed by atoms with van der Waals surface area (Å²) in [6, 6.07) is 0. The third-order valence-corrected chi connectivity index (χ3v) is 9.71. The minimum atomic E-state index is -4.54. The molecule has 0 saturated heterocycles. The maximum absolute atomic E-state index is 12.6. The summed E-state index contributed by atoms with van der Waals surface area (Å²) in [5, 5.41) is 0. The lowest BCUT2D eigenvalue weighted by Gasteiger charge is -2.28. The van der Waals surface area contributed by atoms with Gasteiger partial charge in [-0.3, -0.25) is 9.36 Å². The normalized spacial score (nSPS) is 14.5. The average molecular weight is 792 g/mol. The number of hydrogen-bond acceptors (Lipinski definition) is 7. The van der Waals surface area contributed by atoms with Crippen molar-refractivity contribution >= 4 is 13.8 Å². The fourth-order valence-corrected chi connectivity index (χ4v) is 6.12. The molecule has 0 amide bonds. The number of allylic oxidation sites excluding steroid dienone is 12. The Kier molecular flexibility index (Phi) is 37.3. The van der Waals surface area contributed by atoms with Gasteiger partial charge in [0, 0.05) is 13.0 Å². The largest absolute Gasteiger partial charge is 0.756 e. The summed E-state index contributed by atoms with van der Waals surface area (Å²) in [5.74, 6) is -0.370. The van der Waals surface area contributed by atoms with Gasteiger partial charge < -0.3 is 27.9 Å². The molecule has 318 valence electrons. The van der Waals surface area contributed by atoms with E-state index in [2.05, 4.69) is 86.8 Å². The van der Waals surface area contributed by atoms with E-state index in [1.165, 1.54) is 51.4 Å². The summed E-state index contributed by atoms with van der Waals surface area (Å²) in [7, 11) is 1.32. The van der Waals surface area contributed by atoms with Crippen LogP contribution in [0, 0.1) is 0 Å². The molecule has 0 heterocycles. The van der Waals surface area contributed by atoms with Crippen LogP contribution < -0.4 is 4.89 Å². The molecule has 0 aliphatic carbocycles. The maximum atomic E-state index is 12.6. The van der Waals surface area contributed by atoms with Crippen LogP contribution in [-0.2, 0) is 27.9 Å². The Hall–Kier alpha value is -2.06. The average Bonchev–Trinajstić information content (AvgIpc) is 3.13. The third kappa shape index (κ3) is 42.9. The second-order valence-electron chi connectivity index (χ2n) is 15.3. The van der Waals surface area contributed by atoms with Gasteiger partial charge in [-0.05, 0) is 83.5 Å². The van der Waals surface area contributed by atoms with E-state index in [1.54, 1.807) is 0 Å². The minimum absolute atomic E-state index is 0.0143. The molecular weight excluding hydrogens is 709 g/mol. The first-order valence-electron chi connectivity index (χ1n) is 21.7. The van der Waals surface area contributed by atoms with Gasteiger partial charge in [0.15, 0.2) is 0 Å². The van der Waals surface area contributed by atoms with Gasteiger partial charge >= 0.3 is 5.97 Å². The van der Waals surface area contributed by atoms with Gasteiger partial charge in [0.25, 0.3) is 7.82 Å². The first kappa shape index (κ1) is 52.9. The molecule has 0 radical (unpaired) electrons. The molecule has 2 atom stereocenters. The van der Waals surface area contributed by atoms with Gasteiger partial charge in [-0.25, -0.2) is 0 Å². The Morgan fingerprint density at radius 3 is 1.58 bits per heavy atom. The van der Waals surface area contributed by atoms with Crippen LogP contribution in [-0.4, -0.2) is 70.7 Å². The lowest BCUT2D eigenvalue weighted by molar-refractivity contribution is -0.870. The van der Waals surface area contributed by atoms with E-state index < -0.39 is 13.9 Å². The lowest BCUT2D eigenvalue weighted by Crippen LogP contribution is -2.37. The van der Waals surface area contributed by atoms with E-state index in [1.807, 2.05) is 21.1 Å². The van der Waals surface area contributed by atoms with Crippen LogP contribution in [0.4, 0.5) is 0 Å². The fraction of sp³-hybridized carbons (Fsp3) is 0.717. The maximum Gasteiger partial charge on any atom is 0.306 e. The van der Waals surface area contributed by atoms with Crippen molar-refractivity contribution in [3.63, 3.8) is 0 Å². The van der Waals surface area contributed by atoms with Crippen molar-refractivity contribution in [1.82, 2.24) is 0 Å². The van der Waals surface area contributed by atoms with Crippen LogP contribution in [0.15, 0.2) is 72.9 Å². The van der Waals surface area contributed by atoms with Crippen LogP contribution in [0.25, 0.3) is 0 Å². The summed E-state index contributed by atoms with van der Waals surface area (Å²) in [5.41, 5.74) is 0. The zero-order valence-electron chi connectivity index (χ0n) is 35.8. The van der Waals surface area contributed by atoms with Gasteiger partial charge in [0.2, 0.25) is 0 Å². The summed E-state index contributed by atoms with van der Waals surface area (Å²) in [6.45, 7) is 5.18. The highest BCUT2D eigenvalue weighted by atomic mass is 31.2. The Bertz CT molecular complexity index is 1110. The SMILES string of the molecule is CC/C=C\C/C=C\C/C=C\CCCCCC(=O)OC(COCCCCCCCCC/C=C\C/C=C\C/C=C\CCCCC)COP(=O)([O-])OCC[N+](C)(C)C. The predicted octanol–water partition coefficient (Wildman–Crippen LogP) is 12.1. The molecule has 0 aromatic carbocycles. The van der Waals surface area contributed by atoms with Crippen LogP contribution in [0.1, 0.15) is 155 Å². The molecule has 0 aromatic heterocycles. The zero-order valence-corrected chi connectivity index (χ0v) is 36.7. The van der Waals surface area contributed by atoms with Crippen LogP contribution in [0.3, 0.4) is 0 Å². The summed E-state index contributed by atoms with van der Waals surface area (Å²) < 4.78 is 34.5. The second-order valence-corrected chi connectivity index (χ2v) is 16.7. The lowest BCUT2D eigenvalue weighted by atomic mass is 10.1. The summed E-state index contributed by atoms with van der Waals surface area (Å²) in [4.78, 5) is 25.0. The topological polar surface area (TPSA) is 94.1 Å². The minimum Gasteiger partial charge on any atom is -0.756 e. The van der Waals surface area contributed by atoms with Gasteiger partial charge in [-0.15, -0.1) is 0 Å². The molecule has 0 aliphatic heterocycles. The van der Waals surface area contributed by atoms with Crippen LogP contribution in [0.5, 0.6) is 0 Å². The van der Waals surface area contributed by atoms with Crippen LogP contribution in [0.2, 0.25) is 0 Å². The van der Waals surface area contributed by atoms with E-state index in [0.717, 1.165) is 77.0 Å². The van der Waals surface area contributed by atoms with E-state index in [-0.39, 0.29) is 32.2 Å². The molecule has 2 unspecified atom stereocenters. The molecule has 0 N–H and O–H groups in total. The highest BCUT2D eigenvalue weighted by molar-refractivity contribution is 7.45. The predicted molar refractivity (Wildman–Crippen MR) is 231 cm³/mol. The Morgan fingerprint density at radius 2 is 1.05 bits per heavy atom. The molecule has 0 fully saturated rings. The van der Waals surface area contributed by atoms with Crippen molar-refractivity contribution in [2.24, 2.45) is 0 Å². The number of rotatable bonds is 39. The third-order valence-electron chi connectivity index (χ3n) is 8.74. The molecule has 0 aromatic rings. The van der Waals surface area contributed by atoms with Gasteiger partial charge in [0.05, 0.1) is 34.4 Å². The molecule has 55 heavy (non-hydrogen) atoms. The number of nitrogens with zero attached hydrogens (tertiary/aromatic N) is 1. The molecule has 8 nitrogen and oxygen atoms in total. The molecule has 0 rings (SSSR count). The number of phosphoric acid groups is 1. The van der Waals surface area contributed by atoms with Gasteiger partial charge in [0.1, 0.15) is 19.3 Å². The Morgan fingerprint density at radius 1 is 0.582 bits per heavy atom. The molecule has 0 aliphatic rings. The van der Waals surface area contributed by atoms with E-state index in [4.69, 9.17) is 18.5 Å². The zero-order chi connectivity index (χ0) is 40.6. The first-order valence-corrected chi connectivity index (χ1v) is 23.1. The number of esters is 1. The molecular formula is C46H82NO7P. The Balaban J connectivity index is 4.28. The number of carbonyl (C=O) groups is 1. The number of ether oxygens (including phenoxy) is 2. The number of carbonyl (C=O) groups excluding carboxylic acids is 1. The monoisotopic (exact) mass is 792 g/mol. The number of hydrogen-bond donors (Lipinski definition) is 0. The molecule has 0 bridgehead atoms. The summed E-state index contributed by atoms with van der Waals surface area (Å²) >= 11 is 0. The van der Waals surface area contributed by atoms with Crippen molar-refractivity contribution in [1.29, 1.82) is 0 Å². The number of likely N-dealkylation sites (N-methyl/N-ethyl adjacent to an activating group) is 1. The molecule has 0 spiro atoms. The quantitative estimate of drug-likeness (QED) is 0.0201. The highest BCUT2D eigenvalue weighted by Gasteiger charge is 2.20. The second kappa shape index (κ2) is 38.8.